The fraction of sp³-hybridized carbons (Fsp3) is 0. The topological polar surface area (TPSA) is 74.6 Å². The van der Waals surface area contributed by atoms with Crippen LogP contribution in [0.5, 0.6) is 0 Å². The minimum atomic E-state index is -1.06. The van der Waals surface area contributed by atoms with Crippen LogP contribution in [0, 0.1) is 11.8 Å². The first-order valence-electron chi connectivity index (χ1n) is 8.56. The van der Waals surface area contributed by atoms with Crippen molar-refractivity contribution in [3.05, 3.63) is 95.1 Å². The Morgan fingerprint density at radius 2 is 1.36 bits per heavy atom. The maximum atomic E-state index is 11.5. The van der Waals surface area contributed by atoms with Crippen LogP contribution in [0.1, 0.15) is 31.8 Å². The van der Waals surface area contributed by atoms with Gasteiger partial charge in [-0.2, -0.15) is 0 Å². The van der Waals surface area contributed by atoms with Crippen molar-refractivity contribution in [1.82, 2.24) is 0 Å². The van der Waals surface area contributed by atoms with E-state index in [0.29, 0.717) is 16.3 Å². The normalized spacial score (nSPS) is 10.4. The zero-order valence-electron chi connectivity index (χ0n) is 14.6. The average molecular weight is 366 g/mol. The highest BCUT2D eigenvalue weighted by Gasteiger charge is 2.11. The summed E-state index contributed by atoms with van der Waals surface area (Å²) in [5, 5.41) is 22.0. The number of carbonyl (C=O) groups is 2. The molecule has 4 nitrogen and oxygen atoms in total. The van der Waals surface area contributed by atoms with Crippen molar-refractivity contribution in [3.8, 4) is 11.8 Å². The van der Waals surface area contributed by atoms with Gasteiger partial charge in [-0.05, 0) is 57.9 Å². The highest BCUT2D eigenvalue weighted by Crippen LogP contribution is 2.23. The molecule has 0 unspecified atom stereocenters. The summed E-state index contributed by atoms with van der Waals surface area (Å²) in [5.41, 5.74) is 1.51. The molecule has 0 heterocycles. The lowest BCUT2D eigenvalue weighted by molar-refractivity contribution is 0.0686. The van der Waals surface area contributed by atoms with Gasteiger partial charge in [0.15, 0.2) is 0 Å². The quantitative estimate of drug-likeness (QED) is 0.500. The molecule has 0 aromatic heterocycles. The van der Waals surface area contributed by atoms with Gasteiger partial charge in [-0.25, -0.2) is 9.59 Å². The van der Waals surface area contributed by atoms with E-state index in [1.807, 2.05) is 42.5 Å². The molecular weight excluding hydrogens is 352 g/mol. The molecule has 0 aliphatic rings. The summed E-state index contributed by atoms with van der Waals surface area (Å²) in [6.45, 7) is 0. The molecule has 0 amide bonds. The van der Waals surface area contributed by atoms with Crippen molar-refractivity contribution in [1.29, 1.82) is 0 Å². The molecule has 0 atom stereocenters. The van der Waals surface area contributed by atoms with Crippen molar-refractivity contribution >= 4 is 33.5 Å². The summed E-state index contributed by atoms with van der Waals surface area (Å²) in [4.78, 5) is 22.8. The fourth-order valence-corrected chi connectivity index (χ4v) is 3.12. The van der Waals surface area contributed by atoms with E-state index >= 15 is 0 Å². The summed E-state index contributed by atoms with van der Waals surface area (Å²) < 4.78 is 0. The lowest BCUT2D eigenvalue weighted by Gasteiger charge is -2.05. The number of carboxylic acids is 2. The molecule has 134 valence electrons. The summed E-state index contributed by atoms with van der Waals surface area (Å²) >= 11 is 0. The Balaban J connectivity index is 1.88. The minimum absolute atomic E-state index is 0.110. The van der Waals surface area contributed by atoms with Gasteiger partial charge in [-0.3, -0.25) is 0 Å². The van der Waals surface area contributed by atoms with Crippen LogP contribution in [0.2, 0.25) is 0 Å². The second kappa shape index (κ2) is 6.90. The van der Waals surface area contributed by atoms with Crippen LogP contribution in [-0.4, -0.2) is 22.2 Å². The number of fused-ring (bicyclic) bond motifs is 2. The monoisotopic (exact) mass is 366 g/mol. The minimum Gasteiger partial charge on any atom is -0.478 e. The summed E-state index contributed by atoms with van der Waals surface area (Å²) in [6, 6.07) is 21.4. The fourth-order valence-electron chi connectivity index (χ4n) is 3.12. The van der Waals surface area contributed by atoms with E-state index < -0.39 is 11.9 Å². The number of hydrogen-bond donors (Lipinski definition) is 2. The van der Waals surface area contributed by atoms with Gasteiger partial charge < -0.3 is 10.2 Å². The molecule has 0 radical (unpaired) electrons. The molecule has 4 aromatic rings. The van der Waals surface area contributed by atoms with Gasteiger partial charge >= 0.3 is 11.9 Å². The molecule has 0 fully saturated rings. The molecule has 4 rings (SSSR count). The molecular formula is C24H14O4. The highest BCUT2D eigenvalue weighted by atomic mass is 16.4. The van der Waals surface area contributed by atoms with E-state index in [2.05, 4.69) is 11.8 Å². The van der Waals surface area contributed by atoms with Crippen LogP contribution in [0.15, 0.2) is 72.8 Å². The number of hydrogen-bond acceptors (Lipinski definition) is 2. The zero-order valence-corrected chi connectivity index (χ0v) is 14.6. The Morgan fingerprint density at radius 3 is 2.11 bits per heavy atom. The molecule has 2 N–H and O–H groups in total. The van der Waals surface area contributed by atoms with Crippen LogP contribution < -0.4 is 0 Å². The zero-order chi connectivity index (χ0) is 19.7. The van der Waals surface area contributed by atoms with Gasteiger partial charge in [-0.15, -0.1) is 0 Å². The van der Waals surface area contributed by atoms with E-state index in [4.69, 9.17) is 0 Å². The molecule has 0 aliphatic carbocycles. The third-order valence-electron chi connectivity index (χ3n) is 4.54. The first kappa shape index (κ1) is 17.3. The van der Waals surface area contributed by atoms with Gasteiger partial charge in [-0.1, -0.05) is 48.2 Å². The molecule has 0 spiro atoms. The first-order chi connectivity index (χ1) is 13.5. The van der Waals surface area contributed by atoms with Gasteiger partial charge in [0.05, 0.1) is 11.1 Å². The molecule has 0 saturated carbocycles. The summed E-state index contributed by atoms with van der Waals surface area (Å²) in [6.07, 6.45) is 0. The van der Waals surface area contributed by atoms with Crippen LogP contribution >= 0.6 is 0 Å². The van der Waals surface area contributed by atoms with Crippen molar-refractivity contribution < 1.29 is 19.8 Å². The van der Waals surface area contributed by atoms with Gasteiger partial charge in [0.2, 0.25) is 0 Å². The Labute approximate surface area is 160 Å². The molecule has 0 aliphatic heterocycles. The van der Waals surface area contributed by atoms with E-state index in [0.717, 1.165) is 16.3 Å². The maximum Gasteiger partial charge on any atom is 0.335 e. The number of aromatic carboxylic acids is 2. The average Bonchev–Trinajstić information content (AvgIpc) is 2.71. The molecule has 4 heteroatoms. The highest BCUT2D eigenvalue weighted by molar-refractivity contribution is 6.00. The van der Waals surface area contributed by atoms with Crippen molar-refractivity contribution in [3.63, 3.8) is 0 Å². The van der Waals surface area contributed by atoms with Gasteiger partial charge in [0, 0.05) is 11.1 Å². The molecule has 4 aromatic carbocycles. The number of benzene rings is 4. The Kier molecular flexibility index (Phi) is 4.27. The molecule has 0 saturated heterocycles. The third-order valence-corrected chi connectivity index (χ3v) is 4.54. The Morgan fingerprint density at radius 1 is 0.643 bits per heavy atom. The van der Waals surface area contributed by atoms with Gasteiger partial charge in [0.1, 0.15) is 0 Å². The number of rotatable bonds is 2. The second-order valence-corrected chi connectivity index (χ2v) is 6.38. The Bertz CT molecular complexity index is 1320. The van der Waals surface area contributed by atoms with Crippen LogP contribution in [-0.2, 0) is 0 Å². The van der Waals surface area contributed by atoms with Crippen LogP contribution in [0.3, 0.4) is 0 Å². The van der Waals surface area contributed by atoms with Crippen LogP contribution in [0.25, 0.3) is 21.5 Å². The van der Waals surface area contributed by atoms with E-state index in [1.165, 1.54) is 24.3 Å². The molecule has 0 bridgehead atoms. The summed E-state index contributed by atoms with van der Waals surface area (Å²) in [5.74, 6) is 3.99. The lowest BCUT2D eigenvalue weighted by atomic mass is 9.98. The summed E-state index contributed by atoms with van der Waals surface area (Å²) in [7, 11) is 0. The van der Waals surface area contributed by atoms with E-state index in [1.54, 1.807) is 6.07 Å². The lowest BCUT2D eigenvalue weighted by Crippen LogP contribution is -1.99. The Hall–Kier alpha value is -4.10. The van der Waals surface area contributed by atoms with Crippen LogP contribution in [0.4, 0.5) is 0 Å². The maximum absolute atomic E-state index is 11.5. The smallest absolute Gasteiger partial charge is 0.335 e. The predicted octanol–water partition coefficient (Wildman–Crippen LogP) is 4.79. The van der Waals surface area contributed by atoms with Crippen molar-refractivity contribution in [2.45, 2.75) is 0 Å². The van der Waals surface area contributed by atoms with E-state index in [-0.39, 0.29) is 11.1 Å². The number of carboxylic acid groups (broad SMARTS) is 2. The predicted molar refractivity (Wildman–Crippen MR) is 108 cm³/mol. The van der Waals surface area contributed by atoms with E-state index in [9.17, 15) is 19.8 Å². The largest absolute Gasteiger partial charge is 0.478 e. The van der Waals surface area contributed by atoms with Crippen molar-refractivity contribution in [2.24, 2.45) is 0 Å². The standard InChI is InChI=1S/C24H14O4/c25-23(26)20-10-9-19-13-21(24(27)28)12-18(22(19)14-20)8-6-15-5-7-16-3-1-2-4-17(16)11-15/h1-5,7,9-14H,(H,25,26)(H,27,28). The molecule has 28 heavy (non-hydrogen) atoms. The van der Waals surface area contributed by atoms with Crippen molar-refractivity contribution in [2.75, 3.05) is 0 Å². The second-order valence-electron chi connectivity index (χ2n) is 6.38. The SMILES string of the molecule is O=C(O)c1cc(C#Cc2ccc3ccccc3c2)c2cc(C(=O)O)ccc2c1. The van der Waals surface area contributed by atoms with Gasteiger partial charge in [0.25, 0.3) is 0 Å². The first-order valence-corrected chi connectivity index (χ1v) is 8.56. The third kappa shape index (κ3) is 3.29.